The number of hydrogen-bond acceptors (Lipinski definition) is 9. The third-order valence-corrected chi connectivity index (χ3v) is 6.80. The number of fused-ring (bicyclic) bond motifs is 1. The van der Waals surface area contributed by atoms with Crippen LogP contribution < -0.4 is 4.74 Å². The molecule has 34 heavy (non-hydrogen) atoms. The number of hydrogen-bond donors (Lipinski definition) is 0. The van der Waals surface area contributed by atoms with Gasteiger partial charge in [0.1, 0.15) is 11.9 Å². The Bertz CT molecular complexity index is 1190. The van der Waals surface area contributed by atoms with Crippen molar-refractivity contribution in [3.63, 3.8) is 0 Å². The number of nitro groups is 1. The summed E-state index contributed by atoms with van der Waals surface area (Å²) in [6.07, 6.45) is 1.36. The van der Waals surface area contributed by atoms with Gasteiger partial charge in [-0.05, 0) is 55.2 Å². The quantitative estimate of drug-likeness (QED) is 0.198. The molecule has 0 aromatic heterocycles. The Hall–Kier alpha value is -4.08. The average Bonchev–Trinajstić information content (AvgIpc) is 3.46. The summed E-state index contributed by atoms with van der Waals surface area (Å²) in [5.74, 6) is -2.74. The van der Waals surface area contributed by atoms with E-state index in [-0.39, 0.29) is 46.5 Å². The molecule has 3 fully saturated rings. The summed E-state index contributed by atoms with van der Waals surface area (Å²) in [6, 6.07) is 10.7. The minimum absolute atomic E-state index is 0.0544. The largest absolute Gasteiger partial charge is 0.462 e. The van der Waals surface area contributed by atoms with E-state index in [0.717, 1.165) is 6.42 Å². The SMILES string of the molecule is O=C(COC(=O)[C@@H]1[C@@H]2C[C@@H]3[C@H]1C(=O)O[C@@H]3C2)c1ccc(OC(=O)c2ccc([N+](=O)[O-])cc2)cc1. The fourth-order valence-electron chi connectivity index (χ4n) is 5.24. The normalized spacial score (nSPS) is 26.1. The zero-order valence-electron chi connectivity index (χ0n) is 17.7. The molecule has 1 heterocycles. The molecule has 10 nitrogen and oxygen atoms in total. The van der Waals surface area contributed by atoms with E-state index >= 15 is 0 Å². The molecule has 174 valence electrons. The van der Waals surface area contributed by atoms with Gasteiger partial charge in [0.05, 0.1) is 22.3 Å². The number of benzene rings is 2. The Kier molecular flexibility index (Phi) is 5.35. The molecule has 2 aromatic rings. The third kappa shape index (κ3) is 3.81. The molecule has 5 atom stereocenters. The molecule has 0 amide bonds. The molecule has 1 saturated heterocycles. The Labute approximate surface area is 192 Å². The first kappa shape index (κ1) is 21.7. The van der Waals surface area contributed by atoms with Crippen LogP contribution in [-0.4, -0.2) is 41.3 Å². The summed E-state index contributed by atoms with van der Waals surface area (Å²) < 4.78 is 15.8. The molecule has 0 unspecified atom stereocenters. The molecule has 0 spiro atoms. The monoisotopic (exact) mass is 465 g/mol. The van der Waals surface area contributed by atoms with Gasteiger partial charge in [-0.1, -0.05) is 0 Å². The van der Waals surface area contributed by atoms with E-state index in [9.17, 15) is 29.3 Å². The van der Waals surface area contributed by atoms with E-state index < -0.39 is 41.1 Å². The van der Waals surface area contributed by atoms with Crippen molar-refractivity contribution in [3.8, 4) is 5.75 Å². The van der Waals surface area contributed by atoms with Gasteiger partial charge in [-0.25, -0.2) is 4.79 Å². The maximum atomic E-state index is 12.6. The van der Waals surface area contributed by atoms with Crippen molar-refractivity contribution in [2.45, 2.75) is 18.9 Å². The number of non-ortho nitro benzene ring substituents is 1. The van der Waals surface area contributed by atoms with Gasteiger partial charge in [0.25, 0.3) is 5.69 Å². The topological polar surface area (TPSA) is 139 Å². The molecule has 2 aliphatic carbocycles. The van der Waals surface area contributed by atoms with Crippen molar-refractivity contribution >= 4 is 29.4 Å². The predicted molar refractivity (Wildman–Crippen MR) is 113 cm³/mol. The van der Waals surface area contributed by atoms with Gasteiger partial charge >= 0.3 is 17.9 Å². The van der Waals surface area contributed by atoms with Crippen LogP contribution in [0, 0.1) is 33.8 Å². The van der Waals surface area contributed by atoms with E-state index in [1.54, 1.807) is 0 Å². The molecule has 1 aliphatic heterocycles. The van der Waals surface area contributed by atoms with Crippen LogP contribution >= 0.6 is 0 Å². The second-order valence-electron chi connectivity index (χ2n) is 8.67. The number of Topliss-reactive ketones (excluding diaryl/α,β-unsaturated/α-hetero) is 1. The summed E-state index contributed by atoms with van der Waals surface area (Å²) in [5.41, 5.74) is 0.250. The number of carbonyl (C=O) groups excluding carboxylic acids is 4. The molecule has 5 rings (SSSR count). The van der Waals surface area contributed by atoms with Gasteiger partial charge in [-0.3, -0.25) is 24.5 Å². The Balaban J connectivity index is 1.15. The molecule has 0 N–H and O–H groups in total. The van der Waals surface area contributed by atoms with Crippen molar-refractivity contribution in [1.82, 2.24) is 0 Å². The van der Waals surface area contributed by atoms with E-state index in [2.05, 4.69) is 0 Å². The summed E-state index contributed by atoms with van der Waals surface area (Å²) in [6.45, 7) is -0.458. The van der Waals surface area contributed by atoms with Crippen molar-refractivity contribution in [2.24, 2.45) is 23.7 Å². The highest BCUT2D eigenvalue weighted by Gasteiger charge is 2.64. The van der Waals surface area contributed by atoms with Crippen LogP contribution in [-0.2, 0) is 19.1 Å². The Morgan fingerprint density at radius 2 is 1.68 bits per heavy atom. The lowest BCUT2D eigenvalue weighted by atomic mass is 9.80. The summed E-state index contributed by atoms with van der Waals surface area (Å²) in [5, 5.41) is 10.7. The summed E-state index contributed by atoms with van der Waals surface area (Å²) in [4.78, 5) is 59.4. The number of esters is 3. The fraction of sp³-hybridized carbons (Fsp3) is 0.333. The highest BCUT2D eigenvalue weighted by molar-refractivity contribution is 5.98. The van der Waals surface area contributed by atoms with Gasteiger partial charge in [0.15, 0.2) is 12.4 Å². The molecular weight excluding hydrogens is 446 g/mol. The molecule has 10 heteroatoms. The summed E-state index contributed by atoms with van der Waals surface area (Å²) >= 11 is 0. The molecule has 2 aromatic carbocycles. The maximum Gasteiger partial charge on any atom is 0.343 e. The van der Waals surface area contributed by atoms with Crippen LogP contribution in [0.4, 0.5) is 5.69 Å². The minimum atomic E-state index is -0.707. The van der Waals surface area contributed by atoms with Gasteiger partial charge in [0.2, 0.25) is 0 Å². The molecule has 2 bridgehead atoms. The number of ether oxygens (including phenoxy) is 3. The number of carbonyl (C=O) groups is 4. The smallest absolute Gasteiger partial charge is 0.343 e. The van der Waals surface area contributed by atoms with Gasteiger partial charge in [0, 0.05) is 23.6 Å². The van der Waals surface area contributed by atoms with Gasteiger partial charge in [-0.2, -0.15) is 0 Å². The van der Waals surface area contributed by atoms with Gasteiger partial charge < -0.3 is 14.2 Å². The van der Waals surface area contributed by atoms with Crippen LogP contribution in [0.5, 0.6) is 5.75 Å². The number of nitrogens with zero attached hydrogens (tertiary/aromatic N) is 1. The lowest BCUT2D eigenvalue weighted by Crippen LogP contribution is -2.34. The van der Waals surface area contributed by atoms with E-state index in [4.69, 9.17) is 14.2 Å². The fourth-order valence-corrected chi connectivity index (χ4v) is 5.24. The first-order chi connectivity index (χ1) is 16.3. The zero-order valence-corrected chi connectivity index (χ0v) is 17.7. The van der Waals surface area contributed by atoms with Crippen LogP contribution in [0.1, 0.15) is 33.6 Å². The Morgan fingerprint density at radius 1 is 1.00 bits per heavy atom. The minimum Gasteiger partial charge on any atom is -0.462 e. The van der Waals surface area contributed by atoms with Crippen LogP contribution in [0.3, 0.4) is 0 Å². The highest BCUT2D eigenvalue weighted by Crippen LogP contribution is 2.57. The average molecular weight is 465 g/mol. The number of rotatable bonds is 7. The number of ketones is 1. The molecular formula is C24H19NO9. The van der Waals surface area contributed by atoms with Crippen LogP contribution in [0.2, 0.25) is 0 Å². The lowest BCUT2D eigenvalue weighted by Gasteiger charge is -2.22. The lowest BCUT2D eigenvalue weighted by molar-refractivity contribution is -0.384. The predicted octanol–water partition coefficient (Wildman–Crippen LogP) is 2.74. The number of nitro benzene ring substituents is 1. The van der Waals surface area contributed by atoms with Crippen molar-refractivity contribution in [1.29, 1.82) is 0 Å². The van der Waals surface area contributed by atoms with Crippen molar-refractivity contribution < 1.29 is 38.3 Å². The summed E-state index contributed by atoms with van der Waals surface area (Å²) in [7, 11) is 0. The zero-order chi connectivity index (χ0) is 24.0. The standard InChI is InChI=1S/C24H19NO9/c26-18(11-32-23(28)20-14-9-17-19(10-14)34-24(29)21(17)20)12-3-7-16(8-4-12)33-22(27)13-1-5-15(6-2-13)25(30)31/h1-8,14,17,19-21H,9-11H2/t14-,17+,19-,20-,21-/m1/s1. The van der Waals surface area contributed by atoms with E-state index in [1.807, 2.05) is 0 Å². The first-order valence-electron chi connectivity index (χ1n) is 10.8. The maximum absolute atomic E-state index is 12.6. The highest BCUT2D eigenvalue weighted by atomic mass is 16.6. The second kappa shape index (κ2) is 8.36. The third-order valence-electron chi connectivity index (χ3n) is 6.80. The second-order valence-corrected chi connectivity index (χ2v) is 8.67. The van der Waals surface area contributed by atoms with Crippen LogP contribution in [0.25, 0.3) is 0 Å². The Morgan fingerprint density at radius 3 is 2.35 bits per heavy atom. The van der Waals surface area contributed by atoms with Crippen LogP contribution in [0.15, 0.2) is 48.5 Å². The molecule has 2 saturated carbocycles. The van der Waals surface area contributed by atoms with E-state index in [0.29, 0.717) is 6.42 Å². The molecule has 3 aliphatic rings. The van der Waals surface area contributed by atoms with Gasteiger partial charge in [-0.15, -0.1) is 0 Å². The van der Waals surface area contributed by atoms with E-state index in [1.165, 1.54) is 48.5 Å². The van der Waals surface area contributed by atoms with Crippen molar-refractivity contribution in [2.75, 3.05) is 6.61 Å². The molecule has 0 radical (unpaired) electrons. The first-order valence-corrected chi connectivity index (χ1v) is 10.8. The van der Waals surface area contributed by atoms with Crippen molar-refractivity contribution in [3.05, 3.63) is 69.8 Å².